The summed E-state index contributed by atoms with van der Waals surface area (Å²) in [6.07, 6.45) is 2.75. The minimum Gasteiger partial charge on any atom is -0.412 e. The maximum Gasteiger partial charge on any atom is 0.192 e. The van der Waals surface area contributed by atoms with Crippen molar-refractivity contribution in [2.75, 3.05) is 5.32 Å². The van der Waals surface area contributed by atoms with Crippen molar-refractivity contribution in [2.45, 2.75) is 63.9 Å². The third kappa shape index (κ3) is 3.65. The molecule has 0 amide bonds. The van der Waals surface area contributed by atoms with Crippen LogP contribution in [0.4, 0.5) is 5.69 Å². The van der Waals surface area contributed by atoms with Crippen LogP contribution in [0.5, 0.6) is 0 Å². The van der Waals surface area contributed by atoms with Gasteiger partial charge in [0.05, 0.1) is 12.1 Å². The molecule has 0 heterocycles. The van der Waals surface area contributed by atoms with Crippen LogP contribution in [0, 0.1) is 0 Å². The first-order valence-corrected chi connectivity index (χ1v) is 11.1. The lowest BCUT2D eigenvalue weighted by atomic mass is 9.89. The summed E-state index contributed by atoms with van der Waals surface area (Å²) >= 11 is 3.52. The first-order valence-electron chi connectivity index (χ1n) is 7.39. The summed E-state index contributed by atoms with van der Waals surface area (Å²) in [6, 6.07) is 8.82. The monoisotopic (exact) mass is 355 g/mol. The highest BCUT2D eigenvalue weighted by molar-refractivity contribution is 9.10. The van der Waals surface area contributed by atoms with Gasteiger partial charge in [-0.15, -0.1) is 0 Å². The lowest BCUT2D eigenvalue weighted by Crippen LogP contribution is -2.53. The first-order chi connectivity index (χ1) is 9.19. The topological polar surface area (TPSA) is 21.3 Å². The minimum atomic E-state index is -1.66. The van der Waals surface area contributed by atoms with Crippen LogP contribution in [0.2, 0.25) is 18.1 Å². The van der Waals surface area contributed by atoms with Gasteiger partial charge in [0.25, 0.3) is 0 Å². The van der Waals surface area contributed by atoms with Crippen LogP contribution >= 0.6 is 15.9 Å². The summed E-state index contributed by atoms with van der Waals surface area (Å²) in [6.45, 7) is 11.6. The van der Waals surface area contributed by atoms with Crippen molar-refractivity contribution >= 4 is 29.9 Å². The fraction of sp³-hybridized carbons (Fsp3) is 0.625. The molecule has 20 heavy (non-hydrogen) atoms. The summed E-state index contributed by atoms with van der Waals surface area (Å²) in [7, 11) is -1.66. The van der Waals surface area contributed by atoms with Crippen molar-refractivity contribution in [3.05, 3.63) is 28.7 Å². The van der Waals surface area contributed by atoms with Gasteiger partial charge in [-0.05, 0) is 49.2 Å². The van der Waals surface area contributed by atoms with Crippen molar-refractivity contribution < 1.29 is 4.43 Å². The third-order valence-corrected chi connectivity index (χ3v) is 9.64. The summed E-state index contributed by atoms with van der Waals surface area (Å²) in [5.74, 6) is 0. The van der Waals surface area contributed by atoms with Crippen molar-refractivity contribution in [1.82, 2.24) is 0 Å². The van der Waals surface area contributed by atoms with Crippen LogP contribution in [0.1, 0.15) is 33.6 Å². The number of benzene rings is 1. The van der Waals surface area contributed by atoms with Crippen LogP contribution < -0.4 is 5.32 Å². The SMILES string of the molecule is CC(C)(C)[Si](C)(C)O[C@H]1CC[C@@H]1Nc1cccc(Br)c1. The smallest absolute Gasteiger partial charge is 0.192 e. The second kappa shape index (κ2) is 5.82. The first kappa shape index (κ1) is 16.1. The molecule has 0 bridgehead atoms. The van der Waals surface area contributed by atoms with Gasteiger partial charge in [-0.1, -0.05) is 42.8 Å². The van der Waals surface area contributed by atoms with Gasteiger partial charge in [0.2, 0.25) is 0 Å². The van der Waals surface area contributed by atoms with Gasteiger partial charge in [0.1, 0.15) is 0 Å². The van der Waals surface area contributed by atoms with E-state index in [1.807, 2.05) is 0 Å². The highest BCUT2D eigenvalue weighted by Gasteiger charge is 2.43. The van der Waals surface area contributed by atoms with Crippen LogP contribution in [0.3, 0.4) is 0 Å². The molecule has 112 valence electrons. The Morgan fingerprint density at radius 1 is 1.25 bits per heavy atom. The van der Waals surface area contributed by atoms with Crippen molar-refractivity contribution in [3.8, 4) is 0 Å². The van der Waals surface area contributed by atoms with E-state index in [4.69, 9.17) is 4.43 Å². The largest absolute Gasteiger partial charge is 0.412 e. The Kier molecular flexibility index (Phi) is 4.67. The Bertz CT molecular complexity index is 470. The average molecular weight is 356 g/mol. The zero-order chi connectivity index (χ0) is 15.0. The molecule has 1 aliphatic rings. The van der Waals surface area contributed by atoms with Crippen LogP contribution in [-0.2, 0) is 4.43 Å². The summed E-state index contributed by atoms with van der Waals surface area (Å²) in [4.78, 5) is 0. The molecule has 2 atom stereocenters. The molecule has 1 aromatic rings. The molecule has 0 unspecified atom stereocenters. The molecule has 1 fully saturated rings. The summed E-state index contributed by atoms with van der Waals surface area (Å²) < 4.78 is 7.63. The Labute approximate surface area is 132 Å². The minimum absolute atomic E-state index is 0.281. The molecule has 1 saturated carbocycles. The quantitative estimate of drug-likeness (QED) is 0.728. The second-order valence-electron chi connectivity index (χ2n) is 7.26. The normalized spacial score (nSPS) is 23.3. The van der Waals surface area contributed by atoms with E-state index in [0.29, 0.717) is 12.1 Å². The molecule has 1 aromatic carbocycles. The summed E-state index contributed by atoms with van der Waals surface area (Å²) in [5, 5.41) is 3.89. The van der Waals surface area contributed by atoms with E-state index in [-0.39, 0.29) is 5.04 Å². The fourth-order valence-electron chi connectivity index (χ4n) is 2.12. The molecule has 2 rings (SSSR count). The Hall–Kier alpha value is -0.323. The van der Waals surface area contributed by atoms with Crippen LogP contribution in [-0.4, -0.2) is 20.5 Å². The zero-order valence-electron chi connectivity index (χ0n) is 13.2. The maximum absolute atomic E-state index is 6.52. The number of nitrogens with one attached hydrogen (secondary N) is 1. The van der Waals surface area contributed by atoms with Gasteiger partial charge < -0.3 is 9.74 Å². The van der Waals surface area contributed by atoms with Gasteiger partial charge in [-0.3, -0.25) is 0 Å². The number of anilines is 1. The molecule has 4 heteroatoms. The highest BCUT2D eigenvalue weighted by Crippen LogP contribution is 2.40. The predicted molar refractivity (Wildman–Crippen MR) is 92.9 cm³/mol. The van der Waals surface area contributed by atoms with E-state index in [1.165, 1.54) is 18.5 Å². The van der Waals surface area contributed by atoms with Gasteiger partial charge in [-0.25, -0.2) is 0 Å². The Balaban J connectivity index is 1.96. The number of hydrogen-bond donors (Lipinski definition) is 1. The number of hydrogen-bond acceptors (Lipinski definition) is 2. The van der Waals surface area contributed by atoms with Gasteiger partial charge in [0, 0.05) is 10.2 Å². The Morgan fingerprint density at radius 2 is 1.95 bits per heavy atom. The molecule has 0 spiro atoms. The lowest BCUT2D eigenvalue weighted by Gasteiger charge is -2.46. The van der Waals surface area contributed by atoms with E-state index in [2.05, 4.69) is 79.4 Å². The van der Waals surface area contributed by atoms with E-state index < -0.39 is 8.32 Å². The number of rotatable bonds is 4. The molecule has 2 nitrogen and oxygen atoms in total. The molecular weight excluding hydrogens is 330 g/mol. The zero-order valence-corrected chi connectivity index (χ0v) is 15.8. The van der Waals surface area contributed by atoms with E-state index in [9.17, 15) is 0 Å². The van der Waals surface area contributed by atoms with Crippen molar-refractivity contribution in [2.24, 2.45) is 0 Å². The molecular formula is C16H26BrNOSi. The van der Waals surface area contributed by atoms with Gasteiger partial charge >= 0.3 is 0 Å². The molecule has 0 aromatic heterocycles. The van der Waals surface area contributed by atoms with Gasteiger partial charge in [0.15, 0.2) is 8.32 Å². The second-order valence-corrected chi connectivity index (χ2v) is 12.9. The lowest BCUT2D eigenvalue weighted by molar-refractivity contribution is 0.0881. The van der Waals surface area contributed by atoms with E-state index >= 15 is 0 Å². The van der Waals surface area contributed by atoms with Crippen LogP contribution in [0.15, 0.2) is 28.7 Å². The average Bonchev–Trinajstić information content (AvgIpc) is 2.31. The van der Waals surface area contributed by atoms with E-state index in [0.717, 1.165) is 4.47 Å². The molecule has 1 aliphatic carbocycles. The third-order valence-electron chi connectivity index (χ3n) is 4.64. The van der Waals surface area contributed by atoms with Crippen LogP contribution in [0.25, 0.3) is 0 Å². The van der Waals surface area contributed by atoms with Gasteiger partial charge in [-0.2, -0.15) is 0 Å². The van der Waals surface area contributed by atoms with Crippen molar-refractivity contribution in [3.63, 3.8) is 0 Å². The van der Waals surface area contributed by atoms with E-state index in [1.54, 1.807) is 0 Å². The molecule has 0 saturated heterocycles. The maximum atomic E-state index is 6.52. The predicted octanol–water partition coefficient (Wildman–Crippen LogP) is 5.41. The number of halogens is 1. The van der Waals surface area contributed by atoms with Crippen molar-refractivity contribution in [1.29, 1.82) is 0 Å². The molecule has 0 radical (unpaired) electrons. The summed E-state index contributed by atoms with van der Waals surface area (Å²) in [5.41, 5.74) is 1.17. The fourth-order valence-corrected chi connectivity index (χ4v) is 3.91. The Morgan fingerprint density at radius 3 is 2.45 bits per heavy atom. The molecule has 1 N–H and O–H groups in total. The standard InChI is InChI=1S/C16H26BrNOSi/c1-16(2,3)20(4,5)19-15-10-9-14(15)18-13-8-6-7-12(17)11-13/h6-8,11,14-15,18H,9-10H2,1-5H3/t14-,15-/m0/s1. The highest BCUT2D eigenvalue weighted by atomic mass is 79.9. The molecule has 0 aliphatic heterocycles.